The molecule has 3 atom stereocenters. The van der Waals surface area contributed by atoms with Gasteiger partial charge in [-0.3, -0.25) is 0 Å². The van der Waals surface area contributed by atoms with Crippen molar-refractivity contribution in [1.82, 2.24) is 0 Å². The Balaban J connectivity index is -0.000000128. The van der Waals surface area contributed by atoms with E-state index in [-0.39, 0.29) is 138 Å². The fraction of sp³-hybridized carbons (Fsp3) is 0.600. The van der Waals surface area contributed by atoms with Gasteiger partial charge in [0.25, 0.3) is 0 Å². The molecule has 107 valence electrons. The van der Waals surface area contributed by atoms with E-state index in [9.17, 15) is 38.7 Å². The van der Waals surface area contributed by atoms with Crippen LogP contribution in [0.15, 0.2) is 0 Å². The van der Waals surface area contributed by atoms with Crippen LogP contribution in [0.4, 0.5) is 0 Å². The van der Waals surface area contributed by atoms with Gasteiger partial charge in [0.1, 0.15) is 15.2 Å². The van der Waals surface area contributed by atoms with Gasteiger partial charge < -0.3 is 48.5 Å². The second-order valence-corrected chi connectivity index (χ2v) is 6.82. The van der Waals surface area contributed by atoms with Gasteiger partial charge in [0.05, 0.1) is 5.40 Å². The molecule has 0 rings (SSSR count). The van der Waals surface area contributed by atoms with Crippen LogP contribution >= 0.6 is 15.2 Å². The molecule has 0 bridgehead atoms. The minimum Gasteiger partial charge on any atom is -0.778 e. The van der Waals surface area contributed by atoms with Crippen LogP contribution in [0.25, 0.3) is 0 Å². The minimum absolute atomic E-state index is 0. The van der Waals surface area contributed by atoms with Crippen LogP contribution in [0.1, 0.15) is 6.42 Å². The smallest absolute Gasteiger partial charge is 0.778 e. The molecular formula is C5H6Na4O10P2Tc. The molecule has 17 heteroatoms. The first-order valence-electron chi connectivity index (χ1n) is 3.85. The number of carboxylic acids is 2. The van der Waals surface area contributed by atoms with E-state index < -0.39 is 44.9 Å². The number of carbonyl (C=O) groups excluding carboxylic acids is 2. The van der Waals surface area contributed by atoms with E-state index in [0.717, 1.165) is 0 Å². The maximum absolute atomic E-state index is 10.7. The number of hydrogen-bond donors (Lipinski definition) is 2. The average molecular weight is 479 g/mol. The molecule has 0 aliphatic rings. The molecule has 0 aromatic rings. The molecule has 1 radical (unpaired) electrons. The molecule has 0 aromatic carbocycles. The molecule has 0 saturated heterocycles. The van der Waals surface area contributed by atoms with Crippen molar-refractivity contribution in [3.05, 3.63) is 0 Å². The zero-order valence-electron chi connectivity index (χ0n) is 12.3. The summed E-state index contributed by atoms with van der Waals surface area (Å²) in [5.74, 6) is -7.15. The molecule has 0 spiro atoms. The Labute approximate surface area is 227 Å². The van der Waals surface area contributed by atoms with Gasteiger partial charge in [0, 0.05) is 38.0 Å². The van der Waals surface area contributed by atoms with E-state index in [1.165, 1.54) is 0 Å². The van der Waals surface area contributed by atoms with Crippen LogP contribution < -0.4 is 138 Å². The van der Waals surface area contributed by atoms with Crippen LogP contribution in [0.5, 0.6) is 0 Å². The van der Waals surface area contributed by atoms with Crippen molar-refractivity contribution in [2.45, 2.75) is 11.8 Å². The molecule has 10 nitrogen and oxygen atoms in total. The van der Waals surface area contributed by atoms with Crippen LogP contribution in [-0.2, 0) is 38.8 Å². The van der Waals surface area contributed by atoms with E-state index in [2.05, 4.69) is 0 Å². The minimum atomic E-state index is -5.85. The van der Waals surface area contributed by atoms with Gasteiger partial charge >= 0.3 is 118 Å². The summed E-state index contributed by atoms with van der Waals surface area (Å²) in [5, 5.41) is 17.4. The van der Waals surface area contributed by atoms with Gasteiger partial charge in [-0.2, -0.15) is 0 Å². The number of carboxylic acid groups (broad SMARTS) is 2. The largest absolute Gasteiger partial charge is 1.00 e. The second-order valence-electron chi connectivity index (χ2n) is 3.04. The maximum Gasteiger partial charge on any atom is 1.00 e. The summed E-state index contributed by atoms with van der Waals surface area (Å²) >= 11 is 0. The van der Waals surface area contributed by atoms with Crippen molar-refractivity contribution >= 4 is 27.1 Å². The molecule has 0 aromatic heterocycles. The Kier molecular flexibility index (Phi) is 31.4. The molecule has 0 aliphatic carbocycles. The topological polar surface area (TPSA) is 201 Å². The first-order valence-corrected chi connectivity index (χ1v) is 7.14. The van der Waals surface area contributed by atoms with Gasteiger partial charge in [-0.05, 0) is 6.42 Å². The predicted molar refractivity (Wildman–Crippen MR) is 41.6 cm³/mol. The zero-order chi connectivity index (χ0) is 14.0. The molecule has 0 saturated carbocycles. The zero-order valence-corrected chi connectivity index (χ0v) is 23.9. The summed E-state index contributed by atoms with van der Waals surface area (Å²) < 4.78 is 21.3. The van der Waals surface area contributed by atoms with Gasteiger partial charge in [0.15, 0.2) is 0 Å². The molecule has 22 heavy (non-hydrogen) atoms. The van der Waals surface area contributed by atoms with Crippen molar-refractivity contribution < 1.29 is 187 Å². The van der Waals surface area contributed by atoms with Crippen LogP contribution in [0.3, 0.4) is 0 Å². The first kappa shape index (κ1) is 40.5. The molecule has 3 unspecified atom stereocenters. The predicted octanol–water partition coefficient (Wildman–Crippen LogP) is -17.1. The van der Waals surface area contributed by atoms with Crippen molar-refractivity contribution in [2.75, 3.05) is 0 Å². The third-order valence-electron chi connectivity index (χ3n) is 1.72. The Morgan fingerprint density at radius 3 is 1.32 bits per heavy atom. The van der Waals surface area contributed by atoms with Gasteiger partial charge in [-0.15, -0.1) is 0 Å². The van der Waals surface area contributed by atoms with Crippen molar-refractivity contribution in [3.8, 4) is 0 Å². The Hall–Kier alpha value is 3.89. The summed E-state index contributed by atoms with van der Waals surface area (Å²) in [6.07, 6.45) is -1.56. The Morgan fingerprint density at radius 1 is 0.909 bits per heavy atom. The van der Waals surface area contributed by atoms with Crippen molar-refractivity contribution in [1.29, 1.82) is 0 Å². The molecule has 0 fully saturated rings. The molecule has 0 aliphatic heterocycles. The van der Waals surface area contributed by atoms with E-state index in [4.69, 9.17) is 9.79 Å². The summed E-state index contributed by atoms with van der Waals surface area (Å²) in [7, 11) is -11.7. The van der Waals surface area contributed by atoms with Crippen molar-refractivity contribution in [3.63, 3.8) is 0 Å². The second kappa shape index (κ2) is 17.0. The molecule has 0 amide bonds. The van der Waals surface area contributed by atoms with Crippen LogP contribution in [0, 0.1) is 5.92 Å². The fourth-order valence-corrected chi connectivity index (χ4v) is 3.97. The van der Waals surface area contributed by atoms with Gasteiger partial charge in [-0.25, -0.2) is 0 Å². The van der Waals surface area contributed by atoms with Crippen LogP contribution in [-0.4, -0.2) is 27.1 Å². The number of hydrogen-bond acceptors (Lipinski definition) is 8. The fourth-order valence-electron chi connectivity index (χ4n) is 1.13. The van der Waals surface area contributed by atoms with E-state index >= 15 is 0 Å². The van der Waals surface area contributed by atoms with Crippen LogP contribution in [0.2, 0.25) is 0 Å². The SMILES string of the molecule is O=C([O-])CC(C(=O)[O-])C(P(=O)([O-])O)P(=O)([O-])O.[99Tc].[Na+].[Na+].[Na+].[Na+]. The quantitative estimate of drug-likeness (QED) is 0.272. The first-order chi connectivity index (χ1) is 7.37. The molecular weight excluding hydrogens is 473 g/mol. The van der Waals surface area contributed by atoms with E-state index in [1.807, 2.05) is 0 Å². The standard InChI is InChI=1S/C5H10O10P2.4Na.Tc/c6-3(7)1-2(4(8)9)5(16(10,11)12)17(13,14)15;;;;;/h2,5H,1H2,(H,6,7)(H,8,9)(H2,10,11,12)(H2,13,14,15);;;;;/q;4*+1;/p-4/i;;;;;1+1. The van der Waals surface area contributed by atoms with Gasteiger partial charge in [0.2, 0.25) is 0 Å². The third-order valence-corrected chi connectivity index (χ3v) is 5.53. The third kappa shape index (κ3) is 16.1. The number of rotatable bonds is 6. The Morgan fingerprint density at radius 2 is 1.18 bits per heavy atom. The van der Waals surface area contributed by atoms with Crippen molar-refractivity contribution in [2.24, 2.45) is 5.92 Å². The Bertz CT molecular complexity index is 402. The van der Waals surface area contributed by atoms with E-state index in [1.54, 1.807) is 0 Å². The summed E-state index contributed by atoms with van der Waals surface area (Å²) in [4.78, 5) is 58.9. The summed E-state index contributed by atoms with van der Waals surface area (Å²) in [6, 6.07) is 0. The molecule has 0 heterocycles. The monoisotopic (exact) mass is 479 g/mol. The summed E-state index contributed by atoms with van der Waals surface area (Å²) in [6.45, 7) is 0. The average Bonchev–Trinajstić information content (AvgIpc) is 1.95. The molecule has 2 N–H and O–H groups in total. The number of aliphatic carboxylic acids is 2. The number of carbonyl (C=O) groups is 2. The van der Waals surface area contributed by atoms with Gasteiger partial charge in [-0.1, -0.05) is 0 Å². The normalized spacial score (nSPS) is 16.9. The summed E-state index contributed by atoms with van der Waals surface area (Å²) in [5.41, 5.74) is 0. The maximum atomic E-state index is 10.7. The van der Waals surface area contributed by atoms with E-state index in [0.29, 0.717) is 0 Å².